The number of amides is 1. The Hall–Kier alpha value is -3.03. The van der Waals surface area contributed by atoms with Crippen LogP contribution in [0.15, 0.2) is 48.5 Å². The van der Waals surface area contributed by atoms with Crippen LogP contribution in [0.25, 0.3) is 0 Å². The lowest BCUT2D eigenvalue weighted by Crippen LogP contribution is -2.31. The minimum absolute atomic E-state index is 0.309. The molecule has 1 aliphatic rings. The van der Waals surface area contributed by atoms with E-state index >= 15 is 0 Å². The van der Waals surface area contributed by atoms with Crippen LogP contribution in [0.3, 0.4) is 0 Å². The molecule has 6 nitrogen and oxygen atoms in total. The molecule has 2 aromatic carbocycles. The highest BCUT2D eigenvalue weighted by Crippen LogP contribution is 2.45. The number of thiazole rings is 1. The number of para-hydroxylation sites is 1. The molecule has 2 heterocycles. The molecule has 4 rings (SSSR count). The maximum absolute atomic E-state index is 13.4. The normalized spacial score (nSPS) is 18.5. The zero-order valence-electron chi connectivity index (χ0n) is 17.1. The van der Waals surface area contributed by atoms with Gasteiger partial charge in [0.1, 0.15) is 11.7 Å². The summed E-state index contributed by atoms with van der Waals surface area (Å²) >= 11 is 7.26. The van der Waals surface area contributed by atoms with Crippen LogP contribution in [-0.4, -0.2) is 29.6 Å². The number of carbonyl (C=O) groups is 3. The molecule has 31 heavy (non-hydrogen) atoms. The standard InChI is InChI=1S/C23H19ClN2O4S/c1-12-13(2)31-23(25-12)26-19(16-6-4-5-7-17(16)30-3)18(21(28)22(26)29)20(27)14-8-10-15(24)11-9-14/h4-11,18-19H,1-3H3. The van der Waals surface area contributed by atoms with Crippen LogP contribution >= 0.6 is 22.9 Å². The third-order valence-corrected chi connectivity index (χ3v) is 6.72. The predicted molar refractivity (Wildman–Crippen MR) is 119 cm³/mol. The molecule has 158 valence electrons. The second-order valence-electron chi connectivity index (χ2n) is 7.21. The first-order valence-corrected chi connectivity index (χ1v) is 10.8. The van der Waals surface area contributed by atoms with Gasteiger partial charge in [0.2, 0.25) is 5.78 Å². The number of methoxy groups -OCH3 is 1. The lowest BCUT2D eigenvalue weighted by molar-refractivity contribution is -0.135. The van der Waals surface area contributed by atoms with Crippen LogP contribution in [0.5, 0.6) is 5.75 Å². The maximum Gasteiger partial charge on any atom is 0.297 e. The van der Waals surface area contributed by atoms with Crippen molar-refractivity contribution in [3.63, 3.8) is 0 Å². The Bertz CT molecular complexity index is 1170. The molecule has 8 heteroatoms. The van der Waals surface area contributed by atoms with E-state index < -0.39 is 29.4 Å². The summed E-state index contributed by atoms with van der Waals surface area (Å²) in [6.07, 6.45) is 0. The molecular formula is C23H19ClN2O4S. The highest BCUT2D eigenvalue weighted by Gasteiger charge is 2.54. The van der Waals surface area contributed by atoms with E-state index in [2.05, 4.69) is 4.98 Å². The number of Topliss-reactive ketones (excluding diaryl/α,β-unsaturated/α-hetero) is 2. The smallest absolute Gasteiger partial charge is 0.297 e. The lowest BCUT2D eigenvalue weighted by Gasteiger charge is -2.26. The number of ketones is 2. The van der Waals surface area contributed by atoms with E-state index in [1.807, 2.05) is 13.8 Å². The van der Waals surface area contributed by atoms with E-state index in [0.717, 1.165) is 10.6 Å². The van der Waals surface area contributed by atoms with E-state index in [1.54, 1.807) is 48.5 Å². The second-order valence-corrected chi connectivity index (χ2v) is 8.83. The van der Waals surface area contributed by atoms with Gasteiger partial charge in [0.05, 0.1) is 18.8 Å². The van der Waals surface area contributed by atoms with Crippen molar-refractivity contribution < 1.29 is 19.1 Å². The van der Waals surface area contributed by atoms with Gasteiger partial charge in [-0.3, -0.25) is 19.3 Å². The summed E-state index contributed by atoms with van der Waals surface area (Å²) in [7, 11) is 1.51. The van der Waals surface area contributed by atoms with Crippen molar-refractivity contribution in [2.45, 2.75) is 19.9 Å². The van der Waals surface area contributed by atoms with E-state index in [9.17, 15) is 14.4 Å². The Morgan fingerprint density at radius 1 is 1.10 bits per heavy atom. The topological polar surface area (TPSA) is 76.6 Å². The van der Waals surface area contributed by atoms with Gasteiger partial charge in [0, 0.05) is 21.0 Å². The van der Waals surface area contributed by atoms with Crippen LogP contribution in [0, 0.1) is 19.8 Å². The molecule has 3 aromatic rings. The van der Waals surface area contributed by atoms with Crippen LogP contribution in [-0.2, 0) is 9.59 Å². The second kappa shape index (κ2) is 8.24. The Balaban J connectivity index is 1.90. The Kier molecular flexibility index (Phi) is 5.64. The fraction of sp³-hybridized carbons (Fsp3) is 0.217. The first-order chi connectivity index (χ1) is 14.8. The van der Waals surface area contributed by atoms with Crippen molar-refractivity contribution in [3.8, 4) is 5.75 Å². The largest absolute Gasteiger partial charge is 0.496 e. The third-order valence-electron chi connectivity index (χ3n) is 5.40. The Morgan fingerprint density at radius 3 is 2.39 bits per heavy atom. The van der Waals surface area contributed by atoms with Gasteiger partial charge in [-0.2, -0.15) is 0 Å². The van der Waals surface area contributed by atoms with Gasteiger partial charge >= 0.3 is 0 Å². The van der Waals surface area contributed by atoms with E-state index in [1.165, 1.54) is 23.3 Å². The van der Waals surface area contributed by atoms with Gasteiger partial charge in [-0.05, 0) is 44.2 Å². The van der Waals surface area contributed by atoms with Gasteiger partial charge in [-0.25, -0.2) is 4.98 Å². The molecule has 1 fully saturated rings. The van der Waals surface area contributed by atoms with Crippen molar-refractivity contribution in [1.29, 1.82) is 0 Å². The number of nitrogens with zero attached hydrogens (tertiary/aromatic N) is 2. The molecule has 0 saturated carbocycles. The van der Waals surface area contributed by atoms with Gasteiger partial charge in [-0.1, -0.05) is 29.8 Å². The summed E-state index contributed by atoms with van der Waals surface area (Å²) in [6.45, 7) is 3.74. The van der Waals surface area contributed by atoms with Gasteiger partial charge < -0.3 is 4.74 Å². The number of carbonyl (C=O) groups excluding carboxylic acids is 3. The van der Waals surface area contributed by atoms with Crippen molar-refractivity contribution in [1.82, 2.24) is 4.98 Å². The van der Waals surface area contributed by atoms with Crippen LogP contribution in [0.2, 0.25) is 5.02 Å². The molecule has 1 aliphatic heterocycles. The zero-order chi connectivity index (χ0) is 22.3. The van der Waals surface area contributed by atoms with Crippen molar-refractivity contribution in [2.75, 3.05) is 12.0 Å². The summed E-state index contributed by atoms with van der Waals surface area (Å²) in [4.78, 5) is 46.5. The number of hydrogen-bond donors (Lipinski definition) is 0. The molecule has 0 spiro atoms. The predicted octanol–water partition coefficient (Wildman–Crippen LogP) is 4.58. The van der Waals surface area contributed by atoms with Crippen LogP contribution in [0.1, 0.15) is 32.5 Å². The fourth-order valence-corrected chi connectivity index (χ4v) is 4.79. The minimum atomic E-state index is -1.23. The highest BCUT2D eigenvalue weighted by molar-refractivity contribution is 7.16. The summed E-state index contributed by atoms with van der Waals surface area (Å²) < 4.78 is 5.50. The molecule has 0 aliphatic carbocycles. The summed E-state index contributed by atoms with van der Waals surface area (Å²) in [5.74, 6) is -2.70. The molecule has 1 saturated heterocycles. The van der Waals surface area contributed by atoms with Crippen molar-refractivity contribution in [2.24, 2.45) is 5.92 Å². The van der Waals surface area contributed by atoms with E-state index in [0.29, 0.717) is 27.0 Å². The number of anilines is 1. The first kappa shape index (κ1) is 21.2. The third kappa shape index (κ3) is 3.64. The monoisotopic (exact) mass is 454 g/mol. The number of benzene rings is 2. The lowest BCUT2D eigenvalue weighted by atomic mass is 9.86. The number of hydrogen-bond acceptors (Lipinski definition) is 6. The average Bonchev–Trinajstić information content (AvgIpc) is 3.23. The van der Waals surface area contributed by atoms with Crippen molar-refractivity contribution in [3.05, 3.63) is 75.3 Å². The maximum atomic E-state index is 13.4. The van der Waals surface area contributed by atoms with Crippen molar-refractivity contribution >= 4 is 45.5 Å². The summed E-state index contributed by atoms with van der Waals surface area (Å²) in [5, 5.41) is 0.859. The molecule has 1 aromatic heterocycles. The fourth-order valence-electron chi connectivity index (χ4n) is 3.72. The quantitative estimate of drug-likeness (QED) is 0.320. The first-order valence-electron chi connectivity index (χ1n) is 9.57. The number of ether oxygens (including phenoxy) is 1. The summed E-state index contributed by atoms with van der Waals surface area (Å²) in [6, 6.07) is 12.5. The Labute approximate surface area is 188 Å². The molecular weight excluding hydrogens is 436 g/mol. The molecule has 0 radical (unpaired) electrons. The number of halogens is 1. The van der Waals surface area contributed by atoms with E-state index in [4.69, 9.17) is 16.3 Å². The van der Waals surface area contributed by atoms with E-state index in [-0.39, 0.29) is 0 Å². The van der Waals surface area contributed by atoms with Crippen LogP contribution < -0.4 is 9.64 Å². The van der Waals surface area contributed by atoms with Gasteiger partial charge in [0.25, 0.3) is 5.91 Å². The molecule has 2 unspecified atom stereocenters. The molecule has 2 atom stereocenters. The molecule has 0 N–H and O–H groups in total. The average molecular weight is 455 g/mol. The number of rotatable bonds is 5. The summed E-state index contributed by atoms with van der Waals surface area (Å²) in [5.41, 5.74) is 1.65. The zero-order valence-corrected chi connectivity index (χ0v) is 18.7. The molecule has 0 bridgehead atoms. The van der Waals surface area contributed by atoms with Gasteiger partial charge in [-0.15, -0.1) is 11.3 Å². The number of aromatic nitrogens is 1. The van der Waals surface area contributed by atoms with Crippen LogP contribution in [0.4, 0.5) is 5.13 Å². The number of aryl methyl sites for hydroxylation is 2. The SMILES string of the molecule is COc1ccccc1C1C(C(=O)c2ccc(Cl)cc2)C(=O)C(=O)N1c1nc(C)c(C)s1. The highest BCUT2D eigenvalue weighted by atomic mass is 35.5. The Morgan fingerprint density at radius 2 is 1.77 bits per heavy atom. The van der Waals surface area contributed by atoms with Gasteiger partial charge in [0.15, 0.2) is 10.9 Å². The minimum Gasteiger partial charge on any atom is -0.496 e. The molecule has 1 amide bonds.